The van der Waals surface area contributed by atoms with Crippen molar-refractivity contribution in [3.63, 3.8) is 0 Å². The van der Waals surface area contributed by atoms with Crippen molar-refractivity contribution in [2.24, 2.45) is 17.3 Å². The van der Waals surface area contributed by atoms with Crippen molar-refractivity contribution in [2.45, 2.75) is 92.0 Å². The summed E-state index contributed by atoms with van der Waals surface area (Å²) in [5.74, 6) is -0.996. The number of carbonyl (C=O) groups excluding carboxylic acids is 2. The van der Waals surface area contributed by atoms with Crippen LogP contribution in [0.5, 0.6) is 0 Å². The molecule has 0 amide bonds. The summed E-state index contributed by atoms with van der Waals surface area (Å²) in [6.07, 6.45) is 2.14. The average molecular weight is 486 g/mol. The zero-order valence-electron chi connectivity index (χ0n) is 21.7. The molecule has 0 saturated carbocycles. The summed E-state index contributed by atoms with van der Waals surface area (Å²) in [6, 6.07) is 5.55. The lowest BCUT2D eigenvalue weighted by Crippen LogP contribution is -2.45. The van der Waals surface area contributed by atoms with Gasteiger partial charge < -0.3 is 19.4 Å². The summed E-state index contributed by atoms with van der Waals surface area (Å²) < 4.78 is 11.5. The lowest BCUT2D eigenvalue weighted by atomic mass is 9.73. The molecule has 35 heavy (non-hydrogen) atoms. The molecule has 0 spiro atoms. The van der Waals surface area contributed by atoms with E-state index in [-0.39, 0.29) is 18.1 Å². The van der Waals surface area contributed by atoms with Gasteiger partial charge in [-0.05, 0) is 49.8 Å². The van der Waals surface area contributed by atoms with Crippen molar-refractivity contribution >= 4 is 22.9 Å². The van der Waals surface area contributed by atoms with Crippen molar-refractivity contribution in [3.05, 3.63) is 41.3 Å². The second-order valence-electron chi connectivity index (χ2n) is 10.7. The molecule has 192 valence electrons. The van der Waals surface area contributed by atoms with Crippen molar-refractivity contribution in [1.82, 2.24) is 4.98 Å². The summed E-state index contributed by atoms with van der Waals surface area (Å²) in [5, 5.41) is 21.6. The van der Waals surface area contributed by atoms with Gasteiger partial charge in [0.2, 0.25) is 0 Å². The number of ether oxygens (including phenoxy) is 1. The van der Waals surface area contributed by atoms with E-state index in [9.17, 15) is 19.8 Å². The number of nitrogens with zero attached hydrogens (tertiary/aromatic N) is 1. The molecule has 3 rings (SSSR count). The monoisotopic (exact) mass is 485 g/mol. The number of cyclic esters (lactones) is 1. The molecule has 0 bridgehead atoms. The largest absolute Gasteiger partial charge is 0.457 e. The SMILES string of the molecule is CC1=CC[C@@H](c2ccc3nc(C)oc3c2)OC(=O)CC(O)C(C)(C)C(=O)C(C)[C@@H](O)C(C)CCC1. The highest BCUT2D eigenvalue weighted by molar-refractivity contribution is 5.88. The average Bonchev–Trinajstić information content (AvgIpc) is 3.18. The first kappa shape index (κ1) is 27.1. The van der Waals surface area contributed by atoms with Crippen LogP contribution >= 0.6 is 0 Å². The third-order valence-electron chi connectivity index (χ3n) is 7.41. The number of carbonyl (C=O) groups is 2. The number of aliphatic hydroxyl groups is 2. The van der Waals surface area contributed by atoms with Crippen LogP contribution < -0.4 is 0 Å². The smallest absolute Gasteiger partial charge is 0.309 e. The fraction of sp³-hybridized carbons (Fsp3) is 0.607. The minimum Gasteiger partial charge on any atom is -0.457 e. The van der Waals surface area contributed by atoms with E-state index in [0.29, 0.717) is 17.9 Å². The third kappa shape index (κ3) is 6.39. The lowest BCUT2D eigenvalue weighted by molar-refractivity contribution is -0.155. The normalized spacial score (nSPS) is 29.6. The topological polar surface area (TPSA) is 110 Å². The van der Waals surface area contributed by atoms with Crippen LogP contribution in [0.4, 0.5) is 0 Å². The predicted molar refractivity (Wildman–Crippen MR) is 134 cm³/mol. The first-order chi connectivity index (χ1) is 16.4. The third-order valence-corrected chi connectivity index (χ3v) is 7.41. The van der Waals surface area contributed by atoms with Crippen molar-refractivity contribution < 1.29 is 29.0 Å². The van der Waals surface area contributed by atoms with E-state index >= 15 is 0 Å². The molecule has 1 aliphatic rings. The molecule has 1 aromatic carbocycles. The summed E-state index contributed by atoms with van der Waals surface area (Å²) in [4.78, 5) is 30.4. The van der Waals surface area contributed by atoms with Crippen LogP contribution in [0.25, 0.3) is 11.1 Å². The zero-order valence-corrected chi connectivity index (χ0v) is 21.7. The Kier molecular flexibility index (Phi) is 8.54. The number of esters is 1. The van der Waals surface area contributed by atoms with Gasteiger partial charge in [0.15, 0.2) is 11.5 Å². The number of Topliss-reactive ketones (excluding diaryl/α,β-unsaturated/α-hetero) is 1. The van der Waals surface area contributed by atoms with E-state index in [4.69, 9.17) is 9.15 Å². The van der Waals surface area contributed by atoms with Gasteiger partial charge in [0.25, 0.3) is 0 Å². The van der Waals surface area contributed by atoms with Crippen LogP contribution in [-0.2, 0) is 14.3 Å². The van der Waals surface area contributed by atoms with Gasteiger partial charge in [-0.2, -0.15) is 0 Å². The van der Waals surface area contributed by atoms with E-state index in [1.807, 2.05) is 32.0 Å². The quantitative estimate of drug-likeness (QED) is 0.421. The summed E-state index contributed by atoms with van der Waals surface area (Å²) in [6.45, 7) is 10.7. The van der Waals surface area contributed by atoms with Crippen LogP contribution in [0.1, 0.15) is 84.3 Å². The van der Waals surface area contributed by atoms with E-state index in [1.54, 1.807) is 27.7 Å². The Bertz CT molecular complexity index is 1080. The maximum Gasteiger partial charge on any atom is 0.309 e. The molecule has 2 N–H and O–H groups in total. The molecule has 0 saturated heterocycles. The molecule has 2 aromatic rings. The van der Waals surface area contributed by atoms with Gasteiger partial charge in [0, 0.05) is 19.3 Å². The maximum absolute atomic E-state index is 13.2. The van der Waals surface area contributed by atoms with E-state index in [1.165, 1.54) is 5.57 Å². The summed E-state index contributed by atoms with van der Waals surface area (Å²) in [7, 11) is 0. The van der Waals surface area contributed by atoms with Crippen LogP contribution in [0.15, 0.2) is 34.3 Å². The minimum atomic E-state index is -1.24. The van der Waals surface area contributed by atoms with Gasteiger partial charge in [-0.1, -0.05) is 45.4 Å². The lowest BCUT2D eigenvalue weighted by Gasteiger charge is -2.34. The molecule has 2 heterocycles. The van der Waals surface area contributed by atoms with Crippen molar-refractivity contribution in [3.8, 4) is 0 Å². The number of benzene rings is 1. The second kappa shape index (κ2) is 11.0. The van der Waals surface area contributed by atoms with Crippen LogP contribution in [0.2, 0.25) is 0 Å². The second-order valence-corrected chi connectivity index (χ2v) is 10.7. The van der Waals surface area contributed by atoms with E-state index < -0.39 is 35.6 Å². The van der Waals surface area contributed by atoms with Crippen LogP contribution in [-0.4, -0.2) is 39.2 Å². The fourth-order valence-electron chi connectivity index (χ4n) is 4.81. The zero-order chi connectivity index (χ0) is 25.9. The Morgan fingerprint density at radius 1 is 1.11 bits per heavy atom. The Labute approximate surface area is 207 Å². The van der Waals surface area contributed by atoms with Gasteiger partial charge in [-0.25, -0.2) is 4.98 Å². The number of hydrogen-bond donors (Lipinski definition) is 2. The number of fused-ring (bicyclic) bond motifs is 1. The number of allylic oxidation sites excluding steroid dienone is 1. The minimum absolute atomic E-state index is 0.0580. The highest BCUT2D eigenvalue weighted by atomic mass is 16.5. The number of oxazole rings is 1. The van der Waals surface area contributed by atoms with Gasteiger partial charge >= 0.3 is 5.97 Å². The molecule has 0 aliphatic carbocycles. The van der Waals surface area contributed by atoms with Gasteiger partial charge in [-0.3, -0.25) is 9.59 Å². The van der Waals surface area contributed by atoms with Gasteiger partial charge in [0.05, 0.1) is 24.0 Å². The number of aromatic nitrogens is 1. The Balaban J connectivity index is 1.91. The van der Waals surface area contributed by atoms with Gasteiger partial charge in [0.1, 0.15) is 17.4 Å². The fourth-order valence-corrected chi connectivity index (χ4v) is 4.81. The van der Waals surface area contributed by atoms with Crippen molar-refractivity contribution in [2.75, 3.05) is 0 Å². The maximum atomic E-state index is 13.2. The molecule has 1 aromatic heterocycles. The molecule has 0 radical (unpaired) electrons. The number of aliphatic hydroxyl groups excluding tert-OH is 2. The standard InChI is InChI=1S/C28H39NO6/c1-16-8-7-9-17(2)26(32)18(3)27(33)28(5,6)24(30)15-25(31)35-22(13-10-16)20-11-12-21-23(14-20)34-19(4)29-21/h10-12,14,17-18,22,24,26,30,32H,7-9,13,15H2,1-6H3/t17?,18?,22-,24?,26-/m0/s1. The summed E-state index contributed by atoms with van der Waals surface area (Å²) >= 11 is 0. The molecule has 7 nitrogen and oxygen atoms in total. The van der Waals surface area contributed by atoms with Crippen LogP contribution in [0.3, 0.4) is 0 Å². The van der Waals surface area contributed by atoms with Crippen LogP contribution in [0, 0.1) is 24.2 Å². The molecular formula is C28H39NO6. The number of hydrogen-bond acceptors (Lipinski definition) is 7. The first-order valence-electron chi connectivity index (χ1n) is 12.5. The van der Waals surface area contributed by atoms with Crippen molar-refractivity contribution in [1.29, 1.82) is 0 Å². The first-order valence-corrected chi connectivity index (χ1v) is 12.5. The Morgan fingerprint density at radius 3 is 2.54 bits per heavy atom. The molecule has 3 unspecified atom stereocenters. The van der Waals surface area contributed by atoms with E-state index in [2.05, 4.69) is 11.1 Å². The molecule has 1 aliphatic heterocycles. The highest BCUT2D eigenvalue weighted by Crippen LogP contribution is 2.33. The highest BCUT2D eigenvalue weighted by Gasteiger charge is 2.42. The van der Waals surface area contributed by atoms with Gasteiger partial charge in [-0.15, -0.1) is 0 Å². The number of ketones is 1. The van der Waals surface area contributed by atoms with E-state index in [0.717, 1.165) is 30.3 Å². The number of rotatable bonds is 1. The Hall–Kier alpha value is -2.51. The molecule has 7 heteroatoms. The Morgan fingerprint density at radius 2 is 1.83 bits per heavy atom. The predicted octanol–water partition coefficient (Wildman–Crippen LogP) is 5.22. The molecular weight excluding hydrogens is 446 g/mol. The summed E-state index contributed by atoms with van der Waals surface area (Å²) in [5.41, 5.74) is 2.10. The molecule has 5 atom stereocenters. The molecule has 0 fully saturated rings. The number of aryl methyl sites for hydroxylation is 1.